The zero-order chi connectivity index (χ0) is 16.1. The minimum atomic E-state index is -0.595. The number of nitrogens with one attached hydrogen (secondary N) is 1. The molecule has 7 nitrogen and oxygen atoms in total. The third-order valence-corrected chi connectivity index (χ3v) is 3.87. The van der Waals surface area contributed by atoms with Crippen molar-refractivity contribution in [3.63, 3.8) is 0 Å². The minimum Gasteiger partial charge on any atom is -0.491 e. The number of aryl methyl sites for hydroxylation is 1. The molecule has 0 radical (unpaired) electrons. The van der Waals surface area contributed by atoms with Gasteiger partial charge in [-0.05, 0) is 30.7 Å². The fourth-order valence-corrected chi connectivity index (χ4v) is 2.58. The summed E-state index contributed by atoms with van der Waals surface area (Å²) in [6, 6.07) is 9.18. The first-order chi connectivity index (χ1) is 11.2. The quantitative estimate of drug-likeness (QED) is 0.806. The lowest BCUT2D eigenvalue weighted by atomic mass is 10.1. The van der Waals surface area contributed by atoms with Gasteiger partial charge in [0.05, 0.1) is 18.2 Å². The molecule has 1 aromatic carbocycles. The summed E-state index contributed by atoms with van der Waals surface area (Å²) in [4.78, 5) is 4.20. The molecule has 2 aromatic rings. The lowest BCUT2D eigenvalue weighted by Crippen LogP contribution is -2.42. The van der Waals surface area contributed by atoms with Crippen LogP contribution in [0.2, 0.25) is 0 Å². The maximum atomic E-state index is 10.0. The van der Waals surface area contributed by atoms with Crippen LogP contribution < -0.4 is 10.1 Å². The number of ether oxygens (including phenoxy) is 1. The van der Waals surface area contributed by atoms with E-state index in [9.17, 15) is 5.11 Å². The first-order valence-corrected chi connectivity index (χ1v) is 7.65. The number of aliphatic hydroxyl groups is 1. The maximum absolute atomic E-state index is 10.0. The molecule has 2 N–H and O–H groups in total. The van der Waals surface area contributed by atoms with Crippen molar-refractivity contribution in [3.8, 4) is 11.8 Å². The van der Waals surface area contributed by atoms with Crippen molar-refractivity contribution in [2.75, 3.05) is 13.2 Å². The Morgan fingerprint density at radius 1 is 1.43 bits per heavy atom. The van der Waals surface area contributed by atoms with Gasteiger partial charge in [-0.25, -0.2) is 9.67 Å². The molecule has 1 aliphatic rings. The van der Waals surface area contributed by atoms with Crippen molar-refractivity contribution in [1.29, 1.82) is 5.26 Å². The van der Waals surface area contributed by atoms with Crippen LogP contribution in [0.25, 0.3) is 0 Å². The molecular weight excluding hydrogens is 294 g/mol. The van der Waals surface area contributed by atoms with Crippen LogP contribution in [0.4, 0.5) is 0 Å². The summed E-state index contributed by atoms with van der Waals surface area (Å²) < 4.78 is 7.43. The molecule has 120 valence electrons. The van der Waals surface area contributed by atoms with E-state index in [-0.39, 0.29) is 12.6 Å². The molecule has 0 spiro atoms. The van der Waals surface area contributed by atoms with Crippen molar-refractivity contribution in [3.05, 3.63) is 42.0 Å². The monoisotopic (exact) mass is 313 g/mol. The van der Waals surface area contributed by atoms with Crippen molar-refractivity contribution in [2.24, 2.45) is 0 Å². The molecule has 0 amide bonds. The van der Waals surface area contributed by atoms with Gasteiger partial charge in [-0.3, -0.25) is 0 Å². The lowest BCUT2D eigenvalue weighted by Gasteiger charge is -2.24. The fourth-order valence-electron chi connectivity index (χ4n) is 2.58. The van der Waals surface area contributed by atoms with E-state index in [1.54, 1.807) is 30.6 Å². The summed E-state index contributed by atoms with van der Waals surface area (Å²) in [6.45, 7) is 1.45. The van der Waals surface area contributed by atoms with Crippen LogP contribution in [0, 0.1) is 11.3 Å². The number of benzene rings is 1. The number of nitriles is 1. The van der Waals surface area contributed by atoms with Crippen molar-refractivity contribution in [1.82, 2.24) is 20.1 Å². The van der Waals surface area contributed by atoms with E-state index in [0.717, 1.165) is 25.2 Å². The molecule has 2 atom stereocenters. The molecule has 1 aromatic heterocycles. The van der Waals surface area contributed by atoms with E-state index in [2.05, 4.69) is 21.5 Å². The maximum Gasteiger partial charge on any atom is 0.138 e. The van der Waals surface area contributed by atoms with Gasteiger partial charge in [-0.15, -0.1) is 0 Å². The Balaban J connectivity index is 1.40. The number of nitrogens with zero attached hydrogens (tertiary/aromatic N) is 4. The Morgan fingerprint density at radius 2 is 2.26 bits per heavy atom. The van der Waals surface area contributed by atoms with E-state index in [1.807, 2.05) is 4.68 Å². The summed E-state index contributed by atoms with van der Waals surface area (Å²) in [5.74, 6) is 1.67. The summed E-state index contributed by atoms with van der Waals surface area (Å²) in [6.07, 6.45) is 2.87. The fraction of sp³-hybridized carbons (Fsp3) is 0.438. The molecule has 1 aliphatic heterocycles. The van der Waals surface area contributed by atoms with Crippen molar-refractivity contribution < 1.29 is 9.84 Å². The zero-order valence-corrected chi connectivity index (χ0v) is 12.7. The summed E-state index contributed by atoms with van der Waals surface area (Å²) in [5.41, 5.74) is 0.587. The van der Waals surface area contributed by atoms with E-state index >= 15 is 0 Å². The summed E-state index contributed by atoms with van der Waals surface area (Å²) in [7, 11) is 0. The Labute approximate surface area is 134 Å². The SMILES string of the molecule is N#Cc1ccc(OC[C@H](O)CN[C@@H]2CCc3ncnn3C2)cc1. The highest BCUT2D eigenvalue weighted by molar-refractivity contribution is 5.34. The zero-order valence-electron chi connectivity index (χ0n) is 12.7. The van der Waals surface area contributed by atoms with E-state index in [4.69, 9.17) is 10.00 Å². The van der Waals surface area contributed by atoms with Gasteiger partial charge >= 0.3 is 0 Å². The van der Waals surface area contributed by atoms with Crippen LogP contribution in [0.1, 0.15) is 17.8 Å². The van der Waals surface area contributed by atoms with Gasteiger partial charge < -0.3 is 15.2 Å². The highest BCUT2D eigenvalue weighted by atomic mass is 16.5. The molecule has 0 aliphatic carbocycles. The lowest BCUT2D eigenvalue weighted by molar-refractivity contribution is 0.101. The number of hydrogen-bond donors (Lipinski definition) is 2. The minimum absolute atomic E-state index is 0.209. The number of fused-ring (bicyclic) bond motifs is 1. The summed E-state index contributed by atoms with van der Waals surface area (Å²) in [5, 5.41) is 26.3. The molecule has 7 heteroatoms. The second-order valence-electron chi connectivity index (χ2n) is 5.60. The van der Waals surface area contributed by atoms with Crippen LogP contribution in [0.15, 0.2) is 30.6 Å². The number of hydrogen-bond acceptors (Lipinski definition) is 6. The molecular formula is C16H19N5O2. The third kappa shape index (κ3) is 4.06. The van der Waals surface area contributed by atoms with Gasteiger partial charge in [0.25, 0.3) is 0 Å². The van der Waals surface area contributed by atoms with Gasteiger partial charge in [-0.2, -0.15) is 10.4 Å². The predicted octanol–water partition coefficient (Wildman–Crippen LogP) is 0.494. The molecule has 0 unspecified atom stereocenters. The molecule has 0 bridgehead atoms. The molecule has 3 rings (SSSR count). The van der Waals surface area contributed by atoms with Gasteiger partial charge in [0.2, 0.25) is 0 Å². The summed E-state index contributed by atoms with van der Waals surface area (Å²) >= 11 is 0. The van der Waals surface area contributed by atoms with Crippen LogP contribution in [-0.4, -0.2) is 45.2 Å². The number of aliphatic hydroxyl groups excluding tert-OH is 1. The highest BCUT2D eigenvalue weighted by Gasteiger charge is 2.20. The molecule has 23 heavy (non-hydrogen) atoms. The van der Waals surface area contributed by atoms with Crippen LogP contribution in [0.3, 0.4) is 0 Å². The molecule has 0 saturated carbocycles. The second kappa shape index (κ2) is 7.22. The average Bonchev–Trinajstić information content (AvgIpc) is 3.06. The van der Waals surface area contributed by atoms with Crippen LogP contribution >= 0.6 is 0 Å². The second-order valence-corrected chi connectivity index (χ2v) is 5.60. The number of rotatable bonds is 6. The van der Waals surface area contributed by atoms with Crippen molar-refractivity contribution in [2.45, 2.75) is 31.5 Å². The molecule has 0 saturated heterocycles. The Bertz CT molecular complexity index is 677. The van der Waals surface area contributed by atoms with E-state index in [0.29, 0.717) is 17.9 Å². The van der Waals surface area contributed by atoms with E-state index < -0.39 is 6.10 Å². The Morgan fingerprint density at radius 3 is 3.04 bits per heavy atom. The largest absolute Gasteiger partial charge is 0.491 e. The smallest absolute Gasteiger partial charge is 0.138 e. The van der Waals surface area contributed by atoms with Gasteiger partial charge in [0, 0.05) is 19.0 Å². The normalized spacial score (nSPS) is 18.0. The highest BCUT2D eigenvalue weighted by Crippen LogP contribution is 2.13. The van der Waals surface area contributed by atoms with E-state index in [1.165, 1.54) is 0 Å². The predicted molar refractivity (Wildman–Crippen MR) is 82.8 cm³/mol. The van der Waals surface area contributed by atoms with Gasteiger partial charge in [-0.1, -0.05) is 0 Å². The standard InChI is InChI=1S/C16H19N5O2/c17-7-12-1-4-15(5-2-12)23-10-14(22)8-18-13-3-6-16-19-11-20-21(16)9-13/h1-2,4-5,11,13-14,18,22H,3,6,8-10H2/t13-,14-/m1/s1. The first-order valence-electron chi connectivity index (χ1n) is 7.65. The third-order valence-electron chi connectivity index (χ3n) is 3.87. The number of aromatic nitrogens is 3. The molecule has 2 heterocycles. The van der Waals surface area contributed by atoms with Gasteiger partial charge in [0.1, 0.15) is 30.6 Å². The van der Waals surface area contributed by atoms with Crippen LogP contribution in [0.5, 0.6) is 5.75 Å². The van der Waals surface area contributed by atoms with Crippen molar-refractivity contribution >= 4 is 0 Å². The Kier molecular flexibility index (Phi) is 4.86. The molecule has 0 fully saturated rings. The van der Waals surface area contributed by atoms with Gasteiger partial charge in [0.15, 0.2) is 0 Å². The first kappa shape index (κ1) is 15.5. The Hall–Kier alpha value is -2.43. The topological polar surface area (TPSA) is 96.0 Å². The van der Waals surface area contributed by atoms with Crippen LogP contribution in [-0.2, 0) is 13.0 Å². The average molecular weight is 313 g/mol.